The highest BCUT2D eigenvalue weighted by atomic mass is 16.3. The standard InChI is InChI=1S/C16H14N2O3/c17-16(20)18-15(13-6-3-9-21-13)14-11-5-2-1-4-10(11)7-8-12(14)19/h1-9,15,19H,(H3,17,18,20). The summed E-state index contributed by atoms with van der Waals surface area (Å²) in [5.74, 6) is 0.573. The molecule has 3 rings (SSSR count). The first-order valence-corrected chi connectivity index (χ1v) is 6.47. The molecule has 5 heteroatoms. The van der Waals surface area contributed by atoms with Gasteiger partial charge in [-0.1, -0.05) is 30.3 Å². The van der Waals surface area contributed by atoms with Crippen LogP contribution < -0.4 is 11.1 Å². The molecular weight excluding hydrogens is 268 g/mol. The van der Waals surface area contributed by atoms with Crippen molar-refractivity contribution in [3.8, 4) is 5.75 Å². The third kappa shape index (κ3) is 2.41. The summed E-state index contributed by atoms with van der Waals surface area (Å²) in [6.07, 6.45) is 1.51. The summed E-state index contributed by atoms with van der Waals surface area (Å²) in [6.45, 7) is 0. The number of phenolic OH excluding ortho intramolecular Hbond substituents is 1. The van der Waals surface area contributed by atoms with Crippen molar-refractivity contribution in [3.63, 3.8) is 0 Å². The molecule has 0 aliphatic heterocycles. The Morgan fingerprint density at radius 2 is 1.95 bits per heavy atom. The molecule has 5 nitrogen and oxygen atoms in total. The Bertz CT molecular complexity index is 781. The van der Waals surface area contributed by atoms with E-state index in [0.717, 1.165) is 10.8 Å². The topological polar surface area (TPSA) is 88.5 Å². The SMILES string of the molecule is NC(=O)NC(c1ccco1)c1c(O)ccc2ccccc12. The molecule has 0 aliphatic carbocycles. The number of amides is 2. The Balaban J connectivity index is 2.23. The number of aromatic hydroxyl groups is 1. The molecule has 0 radical (unpaired) electrons. The summed E-state index contributed by atoms with van der Waals surface area (Å²) < 4.78 is 5.37. The van der Waals surface area contributed by atoms with Gasteiger partial charge in [0.05, 0.1) is 6.26 Å². The van der Waals surface area contributed by atoms with Crippen LogP contribution in [0.25, 0.3) is 10.8 Å². The molecule has 2 aromatic carbocycles. The zero-order valence-electron chi connectivity index (χ0n) is 11.1. The van der Waals surface area contributed by atoms with Crippen molar-refractivity contribution in [1.29, 1.82) is 0 Å². The van der Waals surface area contributed by atoms with Crippen molar-refractivity contribution in [2.24, 2.45) is 5.73 Å². The van der Waals surface area contributed by atoms with Crippen LogP contribution in [0.15, 0.2) is 59.2 Å². The lowest BCUT2D eigenvalue weighted by molar-refractivity contribution is 0.245. The van der Waals surface area contributed by atoms with Gasteiger partial charge in [0.25, 0.3) is 0 Å². The van der Waals surface area contributed by atoms with Gasteiger partial charge in [0.1, 0.15) is 17.6 Å². The van der Waals surface area contributed by atoms with Crippen LogP contribution in [0.5, 0.6) is 5.75 Å². The van der Waals surface area contributed by atoms with Crippen molar-refractivity contribution in [2.45, 2.75) is 6.04 Å². The number of furan rings is 1. The van der Waals surface area contributed by atoms with Gasteiger partial charge in [0.15, 0.2) is 0 Å². The lowest BCUT2D eigenvalue weighted by Gasteiger charge is -2.19. The van der Waals surface area contributed by atoms with E-state index < -0.39 is 12.1 Å². The second kappa shape index (κ2) is 5.20. The first-order chi connectivity index (χ1) is 10.2. The fraction of sp³-hybridized carbons (Fsp3) is 0.0625. The van der Waals surface area contributed by atoms with E-state index in [-0.39, 0.29) is 5.75 Å². The van der Waals surface area contributed by atoms with Gasteiger partial charge >= 0.3 is 6.03 Å². The van der Waals surface area contributed by atoms with Gasteiger partial charge < -0.3 is 20.6 Å². The first-order valence-electron chi connectivity index (χ1n) is 6.47. The predicted octanol–water partition coefficient (Wildman–Crippen LogP) is 2.90. The molecule has 3 aromatic rings. The Morgan fingerprint density at radius 1 is 1.14 bits per heavy atom. The number of hydrogen-bond donors (Lipinski definition) is 3. The minimum absolute atomic E-state index is 0.0730. The first kappa shape index (κ1) is 13.1. The Labute approximate surface area is 121 Å². The molecule has 0 saturated heterocycles. The quantitative estimate of drug-likeness (QED) is 0.690. The number of hydrogen-bond acceptors (Lipinski definition) is 3. The second-order valence-electron chi connectivity index (χ2n) is 4.68. The largest absolute Gasteiger partial charge is 0.508 e. The molecule has 0 spiro atoms. The Kier molecular flexibility index (Phi) is 3.23. The molecule has 1 unspecified atom stereocenters. The molecule has 1 atom stereocenters. The number of phenols is 1. The van der Waals surface area contributed by atoms with Crippen molar-refractivity contribution in [2.75, 3.05) is 0 Å². The second-order valence-corrected chi connectivity index (χ2v) is 4.68. The summed E-state index contributed by atoms with van der Waals surface area (Å²) in [5, 5.41) is 14.7. The van der Waals surface area contributed by atoms with Gasteiger partial charge in [-0.15, -0.1) is 0 Å². The van der Waals surface area contributed by atoms with Gasteiger partial charge in [0.2, 0.25) is 0 Å². The lowest BCUT2D eigenvalue weighted by atomic mass is 9.96. The highest BCUT2D eigenvalue weighted by Gasteiger charge is 2.23. The molecule has 106 valence electrons. The zero-order valence-corrected chi connectivity index (χ0v) is 11.1. The summed E-state index contributed by atoms with van der Waals surface area (Å²) in [7, 11) is 0. The maximum atomic E-state index is 11.3. The molecule has 2 amide bonds. The molecule has 0 aliphatic rings. The fourth-order valence-corrected chi connectivity index (χ4v) is 2.47. The van der Waals surface area contributed by atoms with Crippen LogP contribution >= 0.6 is 0 Å². The molecule has 0 fully saturated rings. The number of urea groups is 1. The number of fused-ring (bicyclic) bond motifs is 1. The highest BCUT2D eigenvalue weighted by Crippen LogP contribution is 2.35. The third-order valence-electron chi connectivity index (χ3n) is 3.35. The van der Waals surface area contributed by atoms with Crippen LogP contribution in [0.3, 0.4) is 0 Å². The van der Waals surface area contributed by atoms with Crippen LogP contribution in [-0.2, 0) is 0 Å². The minimum atomic E-state index is -0.691. The molecule has 21 heavy (non-hydrogen) atoms. The molecule has 1 heterocycles. The van der Waals surface area contributed by atoms with E-state index in [1.165, 1.54) is 6.26 Å². The average molecular weight is 282 g/mol. The summed E-state index contributed by atoms with van der Waals surface area (Å²) >= 11 is 0. The number of carbonyl (C=O) groups is 1. The molecule has 4 N–H and O–H groups in total. The van der Waals surface area contributed by atoms with E-state index in [1.807, 2.05) is 30.3 Å². The molecule has 1 aromatic heterocycles. The van der Waals surface area contributed by atoms with Gasteiger partial charge in [-0.2, -0.15) is 0 Å². The number of primary amides is 1. The predicted molar refractivity (Wildman–Crippen MR) is 78.9 cm³/mol. The van der Waals surface area contributed by atoms with Crippen molar-refractivity contribution in [1.82, 2.24) is 5.32 Å². The summed E-state index contributed by atoms with van der Waals surface area (Å²) in [5.41, 5.74) is 5.81. The number of carbonyl (C=O) groups excluding carboxylic acids is 1. The van der Waals surface area contributed by atoms with E-state index in [0.29, 0.717) is 11.3 Å². The highest BCUT2D eigenvalue weighted by molar-refractivity contribution is 5.89. The van der Waals surface area contributed by atoms with Gasteiger partial charge in [-0.25, -0.2) is 4.79 Å². The average Bonchev–Trinajstić information content (AvgIpc) is 2.99. The van der Waals surface area contributed by atoms with Crippen LogP contribution in [0.4, 0.5) is 4.79 Å². The number of nitrogens with two attached hydrogens (primary N) is 1. The van der Waals surface area contributed by atoms with Crippen molar-refractivity contribution >= 4 is 16.8 Å². The Morgan fingerprint density at radius 3 is 2.67 bits per heavy atom. The molecule has 0 saturated carbocycles. The van der Waals surface area contributed by atoms with Crippen LogP contribution in [0.2, 0.25) is 0 Å². The van der Waals surface area contributed by atoms with E-state index in [1.54, 1.807) is 18.2 Å². The Hall–Kier alpha value is -2.95. The smallest absolute Gasteiger partial charge is 0.313 e. The van der Waals surface area contributed by atoms with Crippen LogP contribution in [0, 0.1) is 0 Å². The van der Waals surface area contributed by atoms with Crippen LogP contribution in [0.1, 0.15) is 17.4 Å². The monoisotopic (exact) mass is 282 g/mol. The zero-order chi connectivity index (χ0) is 14.8. The molecule has 0 bridgehead atoms. The normalized spacial score (nSPS) is 12.2. The van der Waals surface area contributed by atoms with E-state index >= 15 is 0 Å². The summed E-state index contributed by atoms with van der Waals surface area (Å²) in [6, 6.07) is 13.1. The van der Waals surface area contributed by atoms with Crippen molar-refractivity contribution in [3.05, 3.63) is 66.1 Å². The number of rotatable bonds is 3. The van der Waals surface area contributed by atoms with Gasteiger partial charge in [-0.05, 0) is 29.0 Å². The van der Waals surface area contributed by atoms with E-state index in [4.69, 9.17) is 10.2 Å². The van der Waals surface area contributed by atoms with Gasteiger partial charge in [-0.3, -0.25) is 0 Å². The van der Waals surface area contributed by atoms with Gasteiger partial charge in [0, 0.05) is 5.56 Å². The lowest BCUT2D eigenvalue weighted by Crippen LogP contribution is -2.33. The molecular formula is C16H14N2O3. The van der Waals surface area contributed by atoms with E-state index in [2.05, 4.69) is 5.32 Å². The minimum Gasteiger partial charge on any atom is -0.508 e. The van der Waals surface area contributed by atoms with E-state index in [9.17, 15) is 9.90 Å². The fourth-order valence-electron chi connectivity index (χ4n) is 2.47. The summed E-state index contributed by atoms with van der Waals surface area (Å²) in [4.78, 5) is 11.3. The number of nitrogens with one attached hydrogen (secondary N) is 1. The maximum Gasteiger partial charge on any atom is 0.313 e. The van der Waals surface area contributed by atoms with Crippen molar-refractivity contribution < 1.29 is 14.3 Å². The third-order valence-corrected chi connectivity index (χ3v) is 3.35. The maximum absolute atomic E-state index is 11.3. The number of benzene rings is 2. The van der Waals surface area contributed by atoms with Crippen LogP contribution in [-0.4, -0.2) is 11.1 Å².